The SMILES string of the molecule is O=C(O)CN(C(=O)C1CCOC1)C1CCCC1. The van der Waals surface area contributed by atoms with E-state index in [1.54, 1.807) is 4.90 Å². The van der Waals surface area contributed by atoms with Crippen LogP contribution in [-0.2, 0) is 14.3 Å². The molecule has 1 saturated heterocycles. The van der Waals surface area contributed by atoms with Gasteiger partial charge in [-0.15, -0.1) is 0 Å². The Balaban J connectivity index is 2.02. The van der Waals surface area contributed by atoms with Crippen LogP contribution in [0.15, 0.2) is 0 Å². The second-order valence-corrected chi connectivity index (χ2v) is 4.86. The van der Waals surface area contributed by atoms with Crippen molar-refractivity contribution in [3.63, 3.8) is 0 Å². The Hall–Kier alpha value is -1.10. The fraction of sp³-hybridized carbons (Fsp3) is 0.833. The highest BCUT2D eigenvalue weighted by atomic mass is 16.5. The van der Waals surface area contributed by atoms with Crippen LogP contribution in [0.4, 0.5) is 0 Å². The molecule has 5 heteroatoms. The largest absolute Gasteiger partial charge is 0.480 e. The summed E-state index contributed by atoms with van der Waals surface area (Å²) in [7, 11) is 0. The van der Waals surface area contributed by atoms with Gasteiger partial charge < -0.3 is 14.7 Å². The summed E-state index contributed by atoms with van der Waals surface area (Å²) < 4.78 is 5.20. The number of carboxylic acid groups (broad SMARTS) is 1. The van der Waals surface area contributed by atoms with Gasteiger partial charge in [0.2, 0.25) is 5.91 Å². The van der Waals surface area contributed by atoms with E-state index in [2.05, 4.69) is 0 Å². The van der Waals surface area contributed by atoms with Crippen LogP contribution in [0.5, 0.6) is 0 Å². The van der Waals surface area contributed by atoms with Gasteiger partial charge in [-0.3, -0.25) is 9.59 Å². The Morgan fingerprint density at radius 3 is 2.47 bits per heavy atom. The molecule has 5 nitrogen and oxygen atoms in total. The highest BCUT2D eigenvalue weighted by Gasteiger charge is 2.34. The van der Waals surface area contributed by atoms with Gasteiger partial charge in [0.1, 0.15) is 6.54 Å². The van der Waals surface area contributed by atoms with Crippen LogP contribution < -0.4 is 0 Å². The summed E-state index contributed by atoms with van der Waals surface area (Å²) in [5, 5.41) is 8.91. The van der Waals surface area contributed by atoms with E-state index in [-0.39, 0.29) is 24.4 Å². The maximum absolute atomic E-state index is 12.3. The molecule has 1 unspecified atom stereocenters. The normalized spacial score (nSPS) is 25.1. The molecule has 0 aromatic rings. The average Bonchev–Trinajstić information content (AvgIpc) is 2.96. The number of hydrogen-bond acceptors (Lipinski definition) is 3. The van der Waals surface area contributed by atoms with Gasteiger partial charge in [0.05, 0.1) is 12.5 Å². The molecule has 17 heavy (non-hydrogen) atoms. The van der Waals surface area contributed by atoms with Gasteiger partial charge in [-0.1, -0.05) is 12.8 Å². The van der Waals surface area contributed by atoms with Crippen LogP contribution >= 0.6 is 0 Å². The van der Waals surface area contributed by atoms with Crippen molar-refractivity contribution in [2.24, 2.45) is 5.92 Å². The van der Waals surface area contributed by atoms with Crippen molar-refractivity contribution in [2.45, 2.75) is 38.1 Å². The molecule has 96 valence electrons. The lowest BCUT2D eigenvalue weighted by Gasteiger charge is -2.29. The highest BCUT2D eigenvalue weighted by molar-refractivity contribution is 5.83. The summed E-state index contributed by atoms with van der Waals surface area (Å²) in [5.41, 5.74) is 0. The molecule has 2 aliphatic rings. The van der Waals surface area contributed by atoms with E-state index < -0.39 is 5.97 Å². The summed E-state index contributed by atoms with van der Waals surface area (Å²) in [6.45, 7) is 0.893. The van der Waals surface area contributed by atoms with E-state index in [1.165, 1.54) is 0 Å². The first kappa shape index (κ1) is 12.4. The molecule has 0 aromatic carbocycles. The minimum absolute atomic E-state index is 0.0307. The molecule has 1 aliphatic carbocycles. The van der Waals surface area contributed by atoms with Crippen molar-refractivity contribution in [3.05, 3.63) is 0 Å². The van der Waals surface area contributed by atoms with Crippen LogP contribution in [0.2, 0.25) is 0 Å². The van der Waals surface area contributed by atoms with Crippen molar-refractivity contribution in [2.75, 3.05) is 19.8 Å². The van der Waals surface area contributed by atoms with Crippen LogP contribution in [0.3, 0.4) is 0 Å². The zero-order chi connectivity index (χ0) is 12.3. The number of nitrogens with zero attached hydrogens (tertiary/aromatic N) is 1. The maximum atomic E-state index is 12.3. The van der Waals surface area contributed by atoms with Crippen molar-refractivity contribution >= 4 is 11.9 Å². The topological polar surface area (TPSA) is 66.8 Å². The summed E-state index contributed by atoms with van der Waals surface area (Å²) in [6.07, 6.45) is 4.78. The highest BCUT2D eigenvalue weighted by Crippen LogP contribution is 2.26. The number of amides is 1. The van der Waals surface area contributed by atoms with Crippen LogP contribution in [0.1, 0.15) is 32.1 Å². The van der Waals surface area contributed by atoms with Gasteiger partial charge in [0.25, 0.3) is 0 Å². The number of carbonyl (C=O) groups excluding carboxylic acids is 1. The molecule has 0 radical (unpaired) electrons. The number of rotatable bonds is 4. The van der Waals surface area contributed by atoms with Gasteiger partial charge in [0.15, 0.2) is 0 Å². The van der Waals surface area contributed by atoms with E-state index in [0.717, 1.165) is 32.1 Å². The van der Waals surface area contributed by atoms with E-state index in [1.807, 2.05) is 0 Å². The molecule has 0 bridgehead atoms. The van der Waals surface area contributed by atoms with Crippen LogP contribution in [0, 0.1) is 5.92 Å². The first-order valence-corrected chi connectivity index (χ1v) is 6.28. The fourth-order valence-electron chi connectivity index (χ4n) is 2.71. The summed E-state index contributed by atoms with van der Waals surface area (Å²) in [4.78, 5) is 24.7. The number of ether oxygens (including phenoxy) is 1. The van der Waals surface area contributed by atoms with Crippen molar-refractivity contribution < 1.29 is 19.4 Å². The minimum Gasteiger partial charge on any atom is -0.480 e. The number of hydrogen-bond donors (Lipinski definition) is 1. The predicted molar refractivity (Wildman–Crippen MR) is 60.5 cm³/mol. The molecule has 1 saturated carbocycles. The predicted octanol–water partition coefficient (Wildman–Crippen LogP) is 0.879. The fourth-order valence-corrected chi connectivity index (χ4v) is 2.71. The summed E-state index contributed by atoms with van der Waals surface area (Å²) in [6, 6.07) is 0.124. The van der Waals surface area contributed by atoms with Crippen molar-refractivity contribution in [1.29, 1.82) is 0 Å². The van der Waals surface area contributed by atoms with Crippen molar-refractivity contribution in [3.8, 4) is 0 Å². The second kappa shape index (κ2) is 5.49. The van der Waals surface area contributed by atoms with Gasteiger partial charge in [-0.2, -0.15) is 0 Å². The lowest BCUT2D eigenvalue weighted by atomic mass is 10.1. The summed E-state index contributed by atoms with van der Waals surface area (Å²) >= 11 is 0. The zero-order valence-electron chi connectivity index (χ0n) is 9.93. The second-order valence-electron chi connectivity index (χ2n) is 4.86. The Bertz CT molecular complexity index is 293. The first-order chi connectivity index (χ1) is 8.18. The smallest absolute Gasteiger partial charge is 0.323 e. The number of aliphatic carboxylic acids is 1. The molecule has 2 rings (SSSR count). The van der Waals surface area contributed by atoms with E-state index >= 15 is 0 Å². The molecule has 1 atom stereocenters. The Morgan fingerprint density at radius 2 is 1.94 bits per heavy atom. The van der Waals surface area contributed by atoms with Gasteiger partial charge >= 0.3 is 5.97 Å². The molecule has 1 N–H and O–H groups in total. The van der Waals surface area contributed by atoms with E-state index in [9.17, 15) is 9.59 Å². The Labute approximate surface area is 101 Å². The average molecular weight is 241 g/mol. The van der Waals surface area contributed by atoms with Crippen LogP contribution in [-0.4, -0.2) is 47.7 Å². The Kier molecular flexibility index (Phi) is 3.99. The third-order valence-electron chi connectivity index (χ3n) is 3.63. The monoisotopic (exact) mass is 241 g/mol. The minimum atomic E-state index is -0.927. The van der Waals surface area contributed by atoms with Gasteiger partial charge in [-0.25, -0.2) is 0 Å². The zero-order valence-corrected chi connectivity index (χ0v) is 9.93. The molecule has 0 aromatic heterocycles. The third-order valence-corrected chi connectivity index (χ3v) is 3.63. The maximum Gasteiger partial charge on any atom is 0.323 e. The molecule has 1 heterocycles. The quantitative estimate of drug-likeness (QED) is 0.793. The lowest BCUT2D eigenvalue weighted by molar-refractivity contribution is -0.148. The molecular formula is C12H19NO4. The third kappa shape index (κ3) is 2.97. The number of carbonyl (C=O) groups is 2. The standard InChI is InChI=1S/C12H19NO4/c14-11(15)7-13(10-3-1-2-4-10)12(16)9-5-6-17-8-9/h9-10H,1-8H2,(H,14,15). The van der Waals surface area contributed by atoms with Gasteiger partial charge in [0, 0.05) is 12.6 Å². The summed E-state index contributed by atoms with van der Waals surface area (Å²) in [5.74, 6) is -1.09. The Morgan fingerprint density at radius 1 is 1.24 bits per heavy atom. The van der Waals surface area contributed by atoms with E-state index in [0.29, 0.717) is 13.2 Å². The lowest BCUT2D eigenvalue weighted by Crippen LogP contribution is -2.45. The van der Waals surface area contributed by atoms with Crippen molar-refractivity contribution in [1.82, 2.24) is 4.90 Å². The van der Waals surface area contributed by atoms with Gasteiger partial charge in [-0.05, 0) is 19.3 Å². The number of carboxylic acids is 1. The molecular weight excluding hydrogens is 222 g/mol. The molecule has 1 aliphatic heterocycles. The van der Waals surface area contributed by atoms with E-state index in [4.69, 9.17) is 9.84 Å². The molecule has 1 amide bonds. The first-order valence-electron chi connectivity index (χ1n) is 6.28. The molecule has 2 fully saturated rings. The molecule has 0 spiro atoms. The van der Waals surface area contributed by atoms with Crippen LogP contribution in [0.25, 0.3) is 0 Å².